The van der Waals surface area contributed by atoms with E-state index < -0.39 is 0 Å². The first kappa shape index (κ1) is 17.8. The molecule has 0 aromatic heterocycles. The molecule has 5 nitrogen and oxygen atoms in total. The molecule has 0 bridgehead atoms. The second kappa shape index (κ2) is 7.56. The number of hydrogen-bond acceptors (Lipinski definition) is 5. The van der Waals surface area contributed by atoms with Gasteiger partial charge in [-0.1, -0.05) is 48.0 Å². The summed E-state index contributed by atoms with van der Waals surface area (Å²) in [4.78, 5) is 4.83. The molecule has 28 heavy (non-hydrogen) atoms. The van der Waals surface area contributed by atoms with Gasteiger partial charge in [0.05, 0.1) is 19.9 Å². The van der Waals surface area contributed by atoms with Gasteiger partial charge >= 0.3 is 0 Å². The lowest BCUT2D eigenvalue weighted by atomic mass is 10.0. The van der Waals surface area contributed by atoms with Gasteiger partial charge in [-0.25, -0.2) is 4.99 Å². The van der Waals surface area contributed by atoms with Gasteiger partial charge in [-0.05, 0) is 31.2 Å². The predicted octanol–water partition coefficient (Wildman–Crippen LogP) is 4.45. The molecule has 140 valence electrons. The fraction of sp³-hybridized carbons (Fsp3) is 0.130. The van der Waals surface area contributed by atoms with Crippen LogP contribution in [-0.2, 0) is 0 Å². The number of hydrazone groups is 1. The number of hydrogen-bond donors (Lipinski definition) is 1. The van der Waals surface area contributed by atoms with E-state index in [2.05, 4.69) is 29.6 Å². The fourth-order valence-electron chi connectivity index (χ4n) is 3.13. The first-order valence-electron chi connectivity index (χ1n) is 9.01. The van der Waals surface area contributed by atoms with E-state index >= 15 is 0 Å². The minimum absolute atomic E-state index is 0.657. The third-order valence-corrected chi connectivity index (χ3v) is 4.65. The summed E-state index contributed by atoms with van der Waals surface area (Å²) in [6.07, 6.45) is 0. The number of aryl methyl sites for hydroxylation is 1. The van der Waals surface area contributed by atoms with Crippen molar-refractivity contribution in [1.29, 1.82) is 0 Å². The van der Waals surface area contributed by atoms with Gasteiger partial charge in [-0.15, -0.1) is 0 Å². The first-order chi connectivity index (χ1) is 13.7. The molecule has 0 saturated carbocycles. The predicted molar refractivity (Wildman–Crippen MR) is 112 cm³/mol. The Morgan fingerprint density at radius 2 is 1.50 bits per heavy atom. The number of benzene rings is 3. The number of amidine groups is 1. The van der Waals surface area contributed by atoms with Crippen LogP contribution in [0.3, 0.4) is 0 Å². The monoisotopic (exact) mass is 371 g/mol. The summed E-state index contributed by atoms with van der Waals surface area (Å²) in [5, 5.41) is 4.69. The summed E-state index contributed by atoms with van der Waals surface area (Å²) < 4.78 is 10.8. The van der Waals surface area contributed by atoms with Crippen LogP contribution in [0, 0.1) is 6.92 Å². The Morgan fingerprint density at radius 3 is 2.25 bits per heavy atom. The van der Waals surface area contributed by atoms with Crippen LogP contribution in [0.4, 0.5) is 5.69 Å². The van der Waals surface area contributed by atoms with E-state index in [1.54, 1.807) is 14.2 Å². The zero-order valence-corrected chi connectivity index (χ0v) is 16.1. The van der Waals surface area contributed by atoms with E-state index in [1.807, 2.05) is 54.6 Å². The second-order valence-corrected chi connectivity index (χ2v) is 6.49. The van der Waals surface area contributed by atoms with Crippen molar-refractivity contribution < 1.29 is 9.47 Å². The van der Waals surface area contributed by atoms with E-state index in [4.69, 9.17) is 14.5 Å². The summed E-state index contributed by atoms with van der Waals surface area (Å²) >= 11 is 0. The Bertz CT molecular complexity index is 1070. The van der Waals surface area contributed by atoms with Crippen LogP contribution in [-0.4, -0.2) is 25.8 Å². The molecule has 3 aromatic rings. The molecule has 0 amide bonds. The van der Waals surface area contributed by atoms with Crippen molar-refractivity contribution in [3.8, 4) is 11.5 Å². The van der Waals surface area contributed by atoms with Crippen LogP contribution in [0.1, 0.15) is 22.3 Å². The van der Waals surface area contributed by atoms with Crippen LogP contribution in [0.5, 0.6) is 11.5 Å². The largest absolute Gasteiger partial charge is 0.493 e. The molecule has 1 heterocycles. The molecule has 4 rings (SSSR count). The first-order valence-corrected chi connectivity index (χ1v) is 9.01. The molecule has 0 unspecified atom stereocenters. The highest BCUT2D eigenvalue weighted by molar-refractivity contribution is 6.18. The van der Waals surface area contributed by atoms with Crippen molar-refractivity contribution in [3.05, 3.63) is 89.0 Å². The zero-order valence-electron chi connectivity index (χ0n) is 16.1. The lowest BCUT2D eigenvalue weighted by Gasteiger charge is -2.11. The number of rotatable bonds is 4. The molecule has 0 saturated heterocycles. The summed E-state index contributed by atoms with van der Waals surface area (Å²) in [5.74, 6) is 2.05. The number of nitrogens with zero attached hydrogens (tertiary/aromatic N) is 2. The Morgan fingerprint density at radius 1 is 0.786 bits per heavy atom. The molecule has 1 aliphatic heterocycles. The van der Waals surface area contributed by atoms with Crippen molar-refractivity contribution in [3.63, 3.8) is 0 Å². The van der Waals surface area contributed by atoms with Gasteiger partial charge in [0.2, 0.25) is 0 Å². The third kappa shape index (κ3) is 3.34. The standard InChI is InChI=1S/C23H21N3O2/c1-15-8-10-16(11-9-15)23-24-19-7-5-4-6-18(19)22(25-26-23)17-12-13-20(27-2)21(14-17)28-3/h4-14H,1-3H3,(H,24,26). The van der Waals surface area contributed by atoms with Crippen molar-refractivity contribution in [2.45, 2.75) is 6.92 Å². The molecular weight excluding hydrogens is 350 g/mol. The lowest BCUT2D eigenvalue weighted by molar-refractivity contribution is 0.355. The smallest absolute Gasteiger partial charge is 0.161 e. The number of aliphatic imine (C=N–C) groups is 1. The molecule has 0 aliphatic carbocycles. The minimum atomic E-state index is 0.657. The number of para-hydroxylation sites is 1. The van der Waals surface area contributed by atoms with Crippen molar-refractivity contribution in [1.82, 2.24) is 5.43 Å². The molecule has 0 radical (unpaired) electrons. The Kier molecular flexibility index (Phi) is 4.81. The normalized spacial score (nSPS) is 12.8. The number of fused-ring (bicyclic) bond motifs is 1. The average molecular weight is 371 g/mol. The third-order valence-electron chi connectivity index (χ3n) is 4.65. The highest BCUT2D eigenvalue weighted by atomic mass is 16.5. The number of nitrogens with one attached hydrogen (secondary N) is 1. The van der Waals surface area contributed by atoms with Crippen molar-refractivity contribution in [2.75, 3.05) is 14.2 Å². The maximum absolute atomic E-state index is 5.46. The van der Waals surface area contributed by atoms with Crippen LogP contribution in [0.15, 0.2) is 76.8 Å². The van der Waals surface area contributed by atoms with Crippen molar-refractivity contribution in [2.24, 2.45) is 10.1 Å². The summed E-state index contributed by atoms with van der Waals surface area (Å²) in [6.45, 7) is 2.06. The summed E-state index contributed by atoms with van der Waals surface area (Å²) in [5.41, 5.74) is 8.85. The maximum atomic E-state index is 5.46. The lowest BCUT2D eigenvalue weighted by Crippen LogP contribution is -2.19. The van der Waals surface area contributed by atoms with Gasteiger partial charge < -0.3 is 9.47 Å². The Hall–Kier alpha value is -3.60. The van der Waals surface area contributed by atoms with Gasteiger partial charge in [-0.2, -0.15) is 5.10 Å². The Balaban J connectivity index is 1.82. The Labute approximate surface area is 164 Å². The molecule has 3 aromatic carbocycles. The fourth-order valence-corrected chi connectivity index (χ4v) is 3.13. The molecule has 0 spiro atoms. The minimum Gasteiger partial charge on any atom is -0.493 e. The molecule has 0 fully saturated rings. The van der Waals surface area contributed by atoms with Gasteiger partial charge in [0.1, 0.15) is 5.71 Å². The summed E-state index contributed by atoms with van der Waals surface area (Å²) in [6, 6.07) is 22.0. The van der Waals surface area contributed by atoms with Crippen LogP contribution in [0.25, 0.3) is 0 Å². The number of methoxy groups -OCH3 is 2. The molecule has 1 N–H and O–H groups in total. The highest BCUT2D eigenvalue weighted by Gasteiger charge is 2.18. The summed E-state index contributed by atoms with van der Waals surface area (Å²) in [7, 11) is 3.25. The molecule has 5 heteroatoms. The quantitative estimate of drug-likeness (QED) is 0.737. The van der Waals surface area contributed by atoms with Crippen molar-refractivity contribution >= 4 is 17.2 Å². The average Bonchev–Trinajstić information content (AvgIpc) is 2.93. The van der Waals surface area contributed by atoms with E-state index in [0.29, 0.717) is 17.3 Å². The zero-order chi connectivity index (χ0) is 19.5. The van der Waals surface area contributed by atoms with Gasteiger partial charge in [-0.3, -0.25) is 5.43 Å². The SMILES string of the molecule is COc1ccc(C2=NNC(c3ccc(C)cc3)=Nc3ccccc32)cc1OC. The second-order valence-electron chi connectivity index (χ2n) is 6.49. The van der Waals surface area contributed by atoms with Crippen LogP contribution >= 0.6 is 0 Å². The van der Waals surface area contributed by atoms with Gasteiger partial charge in [0, 0.05) is 16.7 Å². The number of ether oxygens (including phenoxy) is 2. The van der Waals surface area contributed by atoms with Gasteiger partial charge in [0.15, 0.2) is 17.3 Å². The van der Waals surface area contributed by atoms with E-state index in [0.717, 1.165) is 28.1 Å². The topological polar surface area (TPSA) is 55.2 Å². The van der Waals surface area contributed by atoms with E-state index in [1.165, 1.54) is 5.56 Å². The molecular formula is C23H21N3O2. The van der Waals surface area contributed by atoms with E-state index in [-0.39, 0.29) is 0 Å². The van der Waals surface area contributed by atoms with Gasteiger partial charge in [0.25, 0.3) is 0 Å². The maximum Gasteiger partial charge on any atom is 0.161 e. The molecule has 1 aliphatic rings. The molecule has 0 atom stereocenters. The van der Waals surface area contributed by atoms with E-state index in [9.17, 15) is 0 Å². The van der Waals surface area contributed by atoms with Crippen LogP contribution in [0.2, 0.25) is 0 Å². The van der Waals surface area contributed by atoms with Crippen LogP contribution < -0.4 is 14.9 Å². The highest BCUT2D eigenvalue weighted by Crippen LogP contribution is 2.31.